The van der Waals surface area contributed by atoms with E-state index >= 15 is 0 Å². The SMILES string of the molecule is CNc1nc(Nc2ccc(-n3cnc(C)n3)c(OC(F)F)c2)nc2c1C(C)CC2c1ccc(F)cc1. The zero-order valence-corrected chi connectivity index (χ0v) is 19.8. The topological polar surface area (TPSA) is 89.8 Å². The maximum atomic E-state index is 13.5. The second kappa shape index (κ2) is 9.48. The maximum Gasteiger partial charge on any atom is 0.387 e. The number of halogens is 3. The number of fused-ring (bicyclic) bond motifs is 1. The lowest BCUT2D eigenvalue weighted by molar-refractivity contribution is -0.0498. The lowest BCUT2D eigenvalue weighted by atomic mass is 9.95. The molecule has 0 spiro atoms. The van der Waals surface area contributed by atoms with Crippen molar-refractivity contribution in [1.82, 2.24) is 24.7 Å². The van der Waals surface area contributed by atoms with Gasteiger partial charge in [-0.15, -0.1) is 0 Å². The van der Waals surface area contributed by atoms with E-state index in [9.17, 15) is 13.2 Å². The highest BCUT2D eigenvalue weighted by Crippen LogP contribution is 2.47. The number of rotatable bonds is 7. The zero-order chi connectivity index (χ0) is 25.4. The summed E-state index contributed by atoms with van der Waals surface area (Å²) in [6, 6.07) is 11.2. The van der Waals surface area contributed by atoms with Gasteiger partial charge in [0.1, 0.15) is 29.5 Å². The average Bonchev–Trinajstić information content (AvgIpc) is 3.42. The predicted molar refractivity (Wildman–Crippen MR) is 129 cm³/mol. The quantitative estimate of drug-likeness (QED) is 0.348. The van der Waals surface area contributed by atoms with Crippen LogP contribution in [0.2, 0.25) is 0 Å². The Morgan fingerprint density at radius 2 is 1.89 bits per heavy atom. The summed E-state index contributed by atoms with van der Waals surface area (Å²) in [6.45, 7) is 0.789. The Labute approximate surface area is 205 Å². The lowest BCUT2D eigenvalue weighted by Crippen LogP contribution is -2.09. The molecular weight excluding hydrogens is 471 g/mol. The van der Waals surface area contributed by atoms with Gasteiger partial charge in [0.25, 0.3) is 0 Å². The molecule has 186 valence electrons. The van der Waals surface area contributed by atoms with Gasteiger partial charge in [-0.25, -0.2) is 19.0 Å². The van der Waals surface area contributed by atoms with Crippen LogP contribution in [0, 0.1) is 12.7 Å². The van der Waals surface area contributed by atoms with E-state index in [4.69, 9.17) is 9.72 Å². The van der Waals surface area contributed by atoms with Crippen LogP contribution in [0.4, 0.5) is 30.6 Å². The number of benzene rings is 2. The minimum atomic E-state index is -3.02. The lowest BCUT2D eigenvalue weighted by Gasteiger charge is -2.16. The van der Waals surface area contributed by atoms with Crippen LogP contribution in [0.25, 0.3) is 5.69 Å². The number of hydrogen-bond donors (Lipinski definition) is 2. The van der Waals surface area contributed by atoms with Gasteiger partial charge in [-0.2, -0.15) is 18.9 Å². The van der Waals surface area contributed by atoms with E-state index in [0.717, 1.165) is 23.2 Å². The van der Waals surface area contributed by atoms with Crippen molar-refractivity contribution in [3.63, 3.8) is 0 Å². The first-order chi connectivity index (χ1) is 17.3. The molecule has 8 nitrogen and oxygen atoms in total. The van der Waals surface area contributed by atoms with Crippen molar-refractivity contribution in [3.05, 3.63) is 77.3 Å². The second-order valence-corrected chi connectivity index (χ2v) is 8.61. The molecule has 2 heterocycles. The molecule has 5 rings (SSSR count). The molecule has 4 aromatic rings. The van der Waals surface area contributed by atoms with Crippen LogP contribution in [0.15, 0.2) is 48.8 Å². The van der Waals surface area contributed by atoms with E-state index in [-0.39, 0.29) is 23.4 Å². The average molecular weight is 496 g/mol. The molecule has 2 N–H and O–H groups in total. The molecule has 0 bridgehead atoms. The molecule has 2 unspecified atom stereocenters. The Morgan fingerprint density at radius 1 is 1.11 bits per heavy atom. The Balaban J connectivity index is 1.51. The molecule has 0 saturated carbocycles. The Kier molecular flexibility index (Phi) is 6.21. The van der Waals surface area contributed by atoms with Crippen molar-refractivity contribution in [1.29, 1.82) is 0 Å². The maximum absolute atomic E-state index is 13.5. The fourth-order valence-electron chi connectivity index (χ4n) is 4.62. The molecule has 2 aromatic carbocycles. The molecule has 2 aromatic heterocycles. The Bertz CT molecular complexity index is 1390. The summed E-state index contributed by atoms with van der Waals surface area (Å²) >= 11 is 0. The van der Waals surface area contributed by atoms with E-state index in [1.807, 2.05) is 0 Å². The third-order valence-corrected chi connectivity index (χ3v) is 6.18. The first-order valence-electron chi connectivity index (χ1n) is 11.4. The highest BCUT2D eigenvalue weighted by Gasteiger charge is 2.34. The molecule has 0 saturated heterocycles. The summed E-state index contributed by atoms with van der Waals surface area (Å²) in [5.74, 6) is 1.27. The summed E-state index contributed by atoms with van der Waals surface area (Å²) in [7, 11) is 1.79. The second-order valence-electron chi connectivity index (χ2n) is 8.61. The number of nitrogens with zero attached hydrogens (tertiary/aromatic N) is 5. The normalized spacial score (nSPS) is 16.8. The number of hydrogen-bond acceptors (Lipinski definition) is 7. The van der Waals surface area contributed by atoms with E-state index in [2.05, 4.69) is 32.6 Å². The van der Waals surface area contributed by atoms with Crippen LogP contribution in [0.5, 0.6) is 5.75 Å². The molecule has 1 aliphatic rings. The summed E-state index contributed by atoms with van der Waals surface area (Å²) in [4.78, 5) is 13.4. The van der Waals surface area contributed by atoms with Crippen molar-refractivity contribution in [2.24, 2.45) is 0 Å². The van der Waals surface area contributed by atoms with Gasteiger partial charge < -0.3 is 15.4 Å². The van der Waals surface area contributed by atoms with Crippen molar-refractivity contribution >= 4 is 17.5 Å². The molecule has 0 fully saturated rings. The van der Waals surface area contributed by atoms with Gasteiger partial charge in [0, 0.05) is 30.3 Å². The van der Waals surface area contributed by atoms with E-state index in [0.29, 0.717) is 29.0 Å². The van der Waals surface area contributed by atoms with Crippen molar-refractivity contribution in [2.75, 3.05) is 17.7 Å². The third kappa shape index (κ3) is 4.56. The molecular formula is C25H24F3N7O. The molecule has 1 aliphatic carbocycles. The monoisotopic (exact) mass is 495 g/mol. The van der Waals surface area contributed by atoms with Gasteiger partial charge in [-0.1, -0.05) is 19.1 Å². The third-order valence-electron chi connectivity index (χ3n) is 6.18. The first kappa shape index (κ1) is 23.6. The summed E-state index contributed by atoms with van der Waals surface area (Å²) in [6.07, 6.45) is 2.24. The van der Waals surface area contributed by atoms with Gasteiger partial charge in [0.15, 0.2) is 5.75 Å². The van der Waals surface area contributed by atoms with Crippen molar-refractivity contribution < 1.29 is 17.9 Å². The zero-order valence-electron chi connectivity index (χ0n) is 19.8. The minimum absolute atomic E-state index is 0.0260. The fourth-order valence-corrected chi connectivity index (χ4v) is 4.62. The molecule has 11 heteroatoms. The molecule has 0 amide bonds. The highest BCUT2D eigenvalue weighted by atomic mass is 19.3. The Morgan fingerprint density at radius 3 is 2.56 bits per heavy atom. The first-order valence-corrected chi connectivity index (χ1v) is 11.4. The van der Waals surface area contributed by atoms with Crippen molar-refractivity contribution in [2.45, 2.75) is 38.7 Å². The number of anilines is 3. The van der Waals surface area contributed by atoms with Gasteiger partial charge in [0.2, 0.25) is 5.95 Å². The fraction of sp³-hybridized carbons (Fsp3) is 0.280. The van der Waals surface area contributed by atoms with Gasteiger partial charge in [-0.05, 0) is 49.1 Å². The largest absolute Gasteiger partial charge is 0.432 e. The van der Waals surface area contributed by atoms with Gasteiger partial charge in [-0.3, -0.25) is 0 Å². The van der Waals surface area contributed by atoms with Crippen LogP contribution >= 0.6 is 0 Å². The number of alkyl halides is 2. The standard InChI is InChI=1S/C25H24F3N7O/c1-13-10-18(15-4-6-16(26)7-5-15)22-21(13)23(29-3)33-25(32-22)31-17-8-9-19(20(11-17)36-24(27)28)35-12-30-14(2)34-35/h4-9,11-13,18,24H,10H2,1-3H3,(H2,29,31,32,33). The minimum Gasteiger partial charge on any atom is -0.432 e. The highest BCUT2D eigenvalue weighted by molar-refractivity contribution is 5.64. The number of ether oxygens (including phenoxy) is 1. The Hall–Kier alpha value is -4.15. The van der Waals surface area contributed by atoms with Gasteiger partial charge >= 0.3 is 6.61 Å². The van der Waals surface area contributed by atoms with E-state index < -0.39 is 6.61 Å². The molecule has 0 radical (unpaired) electrons. The van der Waals surface area contributed by atoms with E-state index in [1.165, 1.54) is 29.2 Å². The van der Waals surface area contributed by atoms with Crippen LogP contribution < -0.4 is 15.4 Å². The number of aromatic nitrogens is 5. The van der Waals surface area contributed by atoms with Crippen molar-refractivity contribution in [3.8, 4) is 11.4 Å². The van der Waals surface area contributed by atoms with Gasteiger partial charge in [0.05, 0.1) is 5.69 Å². The summed E-state index contributed by atoms with van der Waals surface area (Å²) in [5, 5.41) is 10.4. The smallest absolute Gasteiger partial charge is 0.387 e. The molecule has 36 heavy (non-hydrogen) atoms. The number of nitrogens with one attached hydrogen (secondary N) is 2. The number of aryl methyl sites for hydroxylation is 1. The van der Waals surface area contributed by atoms with Crippen LogP contribution in [0.1, 0.15) is 47.8 Å². The molecule has 0 aliphatic heterocycles. The van der Waals surface area contributed by atoms with Crippen LogP contribution in [0.3, 0.4) is 0 Å². The molecule has 2 atom stereocenters. The summed E-state index contributed by atoms with van der Waals surface area (Å²) < 4.78 is 45.9. The van der Waals surface area contributed by atoms with E-state index in [1.54, 1.807) is 38.2 Å². The summed E-state index contributed by atoms with van der Waals surface area (Å²) in [5.41, 5.74) is 3.59. The predicted octanol–water partition coefficient (Wildman–Crippen LogP) is 5.53. The van der Waals surface area contributed by atoms with Crippen LogP contribution in [-0.2, 0) is 0 Å². The van der Waals surface area contributed by atoms with Crippen LogP contribution in [-0.4, -0.2) is 38.4 Å².